The van der Waals surface area contributed by atoms with E-state index in [1.807, 2.05) is 73.8 Å². The monoisotopic (exact) mass is 1540 g/mol. The van der Waals surface area contributed by atoms with Crippen molar-refractivity contribution in [2.24, 2.45) is 33.8 Å². The lowest BCUT2D eigenvalue weighted by Gasteiger charge is -2.51. The molecule has 2 aliphatic carbocycles. The van der Waals surface area contributed by atoms with Gasteiger partial charge in [-0.05, 0) is 198 Å². The first-order valence-corrected chi connectivity index (χ1v) is 43.5. The molecule has 22 heteroatoms. The highest BCUT2D eigenvalue weighted by Crippen LogP contribution is 2.59. The fourth-order valence-corrected chi connectivity index (χ4v) is 23.2. The summed E-state index contributed by atoms with van der Waals surface area (Å²) in [7, 11) is 0. The van der Waals surface area contributed by atoms with E-state index in [-0.39, 0.29) is 70.3 Å². The van der Waals surface area contributed by atoms with Crippen molar-refractivity contribution >= 4 is 105 Å². The van der Waals surface area contributed by atoms with Crippen LogP contribution < -0.4 is 36.5 Å². The summed E-state index contributed by atoms with van der Waals surface area (Å²) in [4.78, 5) is 76.1. The van der Waals surface area contributed by atoms with Crippen molar-refractivity contribution in [1.29, 1.82) is 0 Å². The first-order valence-electron chi connectivity index (χ1n) is 41.4. The maximum atomic E-state index is 14.3. The number of amides is 6. The van der Waals surface area contributed by atoms with Crippen molar-refractivity contribution in [3.63, 3.8) is 0 Å². The smallest absolute Gasteiger partial charge is 0.315 e. The number of piperidine rings is 1. The van der Waals surface area contributed by atoms with Crippen molar-refractivity contribution in [2.45, 2.75) is 293 Å². The van der Waals surface area contributed by atoms with Crippen LogP contribution in [-0.2, 0) is 28.7 Å². The van der Waals surface area contributed by atoms with Gasteiger partial charge in [0.2, 0.25) is 34.6 Å². The second-order valence-corrected chi connectivity index (χ2v) is 38.3. The Morgan fingerprint density at radius 3 is 1.79 bits per heavy atom. The van der Waals surface area contributed by atoms with E-state index in [1.165, 1.54) is 30.4 Å². The molecule has 0 bridgehead atoms. The van der Waals surface area contributed by atoms with Gasteiger partial charge < -0.3 is 61.3 Å². The molecule has 0 radical (unpaired) electrons. The number of nitrogens with zero attached hydrogens (tertiary/aromatic N) is 3. The summed E-state index contributed by atoms with van der Waals surface area (Å²) in [5.74, 6) is 2.01. The molecule has 0 spiro atoms. The van der Waals surface area contributed by atoms with Crippen LogP contribution in [0.3, 0.4) is 0 Å². The van der Waals surface area contributed by atoms with Crippen LogP contribution in [0.25, 0.3) is 23.3 Å². The Kier molecular flexibility index (Phi) is 24.4. The van der Waals surface area contributed by atoms with Crippen LogP contribution >= 0.6 is 23.5 Å². The first kappa shape index (κ1) is 80.6. The normalized spacial score (nSPS) is 29.5. The van der Waals surface area contributed by atoms with Gasteiger partial charge >= 0.3 is 24.0 Å². The van der Waals surface area contributed by atoms with E-state index < -0.39 is 34.0 Å². The van der Waals surface area contributed by atoms with Gasteiger partial charge in [-0.1, -0.05) is 115 Å². The number of hydrogen-bond donors (Lipinski definition) is 5. The maximum absolute atomic E-state index is 14.3. The van der Waals surface area contributed by atoms with E-state index in [0.717, 1.165) is 189 Å². The number of nitrogens with two attached hydrogens (primary N) is 1. The van der Waals surface area contributed by atoms with Crippen LogP contribution in [0.1, 0.15) is 264 Å². The van der Waals surface area contributed by atoms with E-state index in [1.54, 1.807) is 4.90 Å². The van der Waals surface area contributed by atoms with Crippen molar-refractivity contribution in [1.82, 2.24) is 26.2 Å². The Morgan fingerprint density at radius 1 is 0.645 bits per heavy atom. The molecular weight excluding hydrogens is 1430 g/mol. The van der Waals surface area contributed by atoms with Gasteiger partial charge in [0.15, 0.2) is 0 Å². The number of fused-ring (bicyclic) bond motifs is 14. The van der Waals surface area contributed by atoms with Crippen LogP contribution in [0.2, 0.25) is 0 Å². The molecule has 6 fully saturated rings. The number of carbonyl (C=O) groups is 6. The molecule has 0 aromatic heterocycles. The number of esters is 2. The van der Waals surface area contributed by atoms with Gasteiger partial charge in [-0.25, -0.2) is 9.59 Å². The lowest BCUT2D eigenvalue weighted by Crippen LogP contribution is -2.65. The number of ether oxygens (including phenoxy) is 4. The summed E-state index contributed by atoms with van der Waals surface area (Å²) in [5.41, 5.74) is 11.2. The predicted octanol–water partition coefficient (Wildman–Crippen LogP) is 16.9. The Morgan fingerprint density at radius 2 is 1.20 bits per heavy atom. The minimum absolute atomic E-state index is 0.0350. The number of carbonyl (C=O) groups excluding carboxylic acids is 6. The van der Waals surface area contributed by atoms with Crippen LogP contribution in [0.15, 0.2) is 72.9 Å². The second kappa shape index (κ2) is 33.3. The summed E-state index contributed by atoms with van der Waals surface area (Å²) in [5, 5.41) is 41.0. The molecule has 12 aliphatic rings. The Balaban J connectivity index is 0.000000197. The molecule has 6 saturated heterocycles. The number of allylic oxidation sites excluding steroid dienone is 5. The molecule has 6 N–H and O–H groups in total. The molecule has 14 rings (SSSR count). The van der Waals surface area contributed by atoms with Crippen LogP contribution in [0, 0.1) is 38.5 Å². The third-order valence-electron chi connectivity index (χ3n) is 25.5. The number of benzene rings is 2. The fourth-order valence-electron chi connectivity index (χ4n) is 20.0. The first-order chi connectivity index (χ1) is 52.5. The molecule has 110 heavy (non-hydrogen) atoms. The van der Waals surface area contributed by atoms with Gasteiger partial charge in [0.1, 0.15) is 28.2 Å². The highest BCUT2D eigenvalue weighted by atomic mass is 32.2. The summed E-state index contributed by atoms with van der Waals surface area (Å²) in [6.45, 7) is 20.8. The molecule has 2 aromatic rings. The second-order valence-electron chi connectivity index (χ2n) is 35.8. The summed E-state index contributed by atoms with van der Waals surface area (Å²) in [6, 6.07) is 8.56. The van der Waals surface area contributed by atoms with E-state index in [2.05, 4.69) is 118 Å². The molecule has 596 valence electrons. The molecule has 10 aliphatic heterocycles. The lowest BCUT2D eigenvalue weighted by atomic mass is 9.57. The van der Waals surface area contributed by atoms with Gasteiger partial charge in [-0.3, -0.25) is 19.2 Å². The average Bonchev–Trinajstić information content (AvgIpc) is 1.52. The van der Waals surface area contributed by atoms with E-state index in [9.17, 15) is 39.2 Å². The highest BCUT2D eigenvalue weighted by molar-refractivity contribution is 8.00. The number of hydrogen-bond acceptors (Lipinski definition) is 14. The molecular formula is C88H120N8O12S2. The summed E-state index contributed by atoms with van der Waals surface area (Å²) in [6.07, 6.45) is 47.6. The van der Waals surface area contributed by atoms with Gasteiger partial charge in [0.25, 0.3) is 0 Å². The van der Waals surface area contributed by atoms with Gasteiger partial charge in [-0.2, -0.15) is 33.0 Å². The maximum Gasteiger partial charge on any atom is 0.315 e. The molecule has 6 amide bonds. The van der Waals surface area contributed by atoms with Crippen LogP contribution in [-0.4, -0.2) is 144 Å². The van der Waals surface area contributed by atoms with Crippen molar-refractivity contribution < 1.29 is 57.2 Å². The number of rotatable bonds is 33. The number of nitrogens with one attached hydrogen (secondary N) is 4. The lowest BCUT2D eigenvalue weighted by molar-refractivity contribution is -0.362. The quantitative estimate of drug-likeness (QED) is 0.0111. The van der Waals surface area contributed by atoms with Crippen molar-refractivity contribution in [3.05, 3.63) is 106 Å². The molecule has 2 aromatic carbocycles. The number of primary amides is 1. The minimum Gasteiger partial charge on any atom is -0.618 e. The summed E-state index contributed by atoms with van der Waals surface area (Å²) >= 11 is 3.83. The standard InChI is InChI=1S/C47H63N5O7S.C41H57N3O5S/c1-44(2)34-28-47(42(48)55)23-16-25-51(47)41(54)33(34)27-32-30-19-20-35-31(38(30)52(57)40(32)44)21-24-45(3,59-35)22-14-10-8-6-5-7-9-11-15-26-58-37(53)18-13-12-17-36-39-46(4,29-60-36)50-43(56)49-39;1-39(2)25-30-28-19-20-32-29(36(28)44(47)37(30)40(3,4)27-39)21-23-41(5,49-32)22-15-11-9-7-6-8-10-12-16-24-48-34(45)18-14-13-17-33-35-31(26-50-33)42-38(46)43-35/h10,14,19-21,24,27,33-34,36,39H,5-9,11-13,15-18,22-23,25-26,28-29H2,1-4H3,(H2,48,55)(H2,49,50,56);11,15,19-21,23,25,31,33,35H,6-10,12-14,16-18,22,24,26-27H2,1-5H3,(H2,42,43,46)/b14-10+;15-11+/t33-,34?,36+,39-,45?,46+,47+;31-,33-,35-,41?/m10/s1. The number of urea groups is 2. The molecule has 10 heterocycles. The SMILES string of the molecule is CC1(C)C=C2C(=[N+]([O-])c3c2ccc2c3C=CC(C)(C/C=C/CCCCCCCCOC(=O)CCCC[C@@H]3SC[C@@H]4NC(=O)N[C@@H]43)O2)C(C)(C)C1.CC1(C/C=C/CCCCCCCCOC(=O)CCCC[C@@H]2SC[C@]3(C)NC(=O)N[C@H]23)C=Cc2c(ccc3c2[N+]([O-])=C2C3=C[C@H]3C(=O)N4CCC[C@@]4(C(N)=O)CC3C2(C)C)O1. The third-order valence-corrected chi connectivity index (χ3v) is 28.8. The Labute approximate surface area is 660 Å². The third kappa shape index (κ3) is 17.1. The van der Waals surface area contributed by atoms with Crippen LogP contribution in [0.4, 0.5) is 21.0 Å². The predicted molar refractivity (Wildman–Crippen MR) is 439 cm³/mol. The number of thioether (sulfide) groups is 2. The zero-order chi connectivity index (χ0) is 78.0. The van der Waals surface area contributed by atoms with E-state index >= 15 is 0 Å². The van der Waals surface area contributed by atoms with Gasteiger partial charge in [0.05, 0.1) is 87.0 Å². The van der Waals surface area contributed by atoms with Gasteiger partial charge in [-0.15, -0.1) is 0 Å². The number of unbranched alkanes of at least 4 members (excludes halogenated alkanes) is 14. The van der Waals surface area contributed by atoms with Crippen molar-refractivity contribution in [2.75, 3.05) is 31.3 Å². The topological polar surface area (TPSA) is 269 Å². The average molecular weight is 1550 g/mol. The Hall–Kier alpha value is -7.46. The molecule has 20 nitrogen and oxygen atoms in total. The molecule has 3 unspecified atom stereocenters. The zero-order valence-corrected chi connectivity index (χ0v) is 68.2. The highest BCUT2D eigenvalue weighted by Gasteiger charge is 2.64. The summed E-state index contributed by atoms with van der Waals surface area (Å²) < 4.78 is 26.3. The van der Waals surface area contributed by atoms with E-state index in [4.69, 9.17) is 24.7 Å². The zero-order valence-electron chi connectivity index (χ0n) is 66.6. The molecule has 11 atom stereocenters. The largest absolute Gasteiger partial charge is 0.618 e. The van der Waals surface area contributed by atoms with Crippen LogP contribution in [0.5, 0.6) is 11.5 Å². The van der Waals surface area contributed by atoms with E-state index in [0.29, 0.717) is 79.5 Å². The minimum atomic E-state index is -0.979. The molecule has 0 saturated carbocycles. The van der Waals surface area contributed by atoms with Gasteiger partial charge in [0, 0.05) is 54.2 Å². The Bertz CT molecular complexity index is 4130. The van der Waals surface area contributed by atoms with Crippen molar-refractivity contribution in [3.8, 4) is 11.5 Å². The fraction of sp³-hybridized carbons (Fsp3) is 0.636.